The molecule has 0 bridgehead atoms. The van der Waals surface area contributed by atoms with E-state index in [1.54, 1.807) is 14.0 Å². The summed E-state index contributed by atoms with van der Waals surface area (Å²) in [7, 11) is 1.62. The molecule has 106 valence electrons. The summed E-state index contributed by atoms with van der Waals surface area (Å²) in [5.74, 6) is 0.922. The van der Waals surface area contributed by atoms with Crippen molar-refractivity contribution in [2.75, 3.05) is 31.7 Å². The maximum atomic E-state index is 11.9. The molecule has 0 radical (unpaired) electrons. The number of rotatable bonds is 9. The van der Waals surface area contributed by atoms with E-state index in [4.69, 9.17) is 4.74 Å². The van der Waals surface area contributed by atoms with Gasteiger partial charge >= 0.3 is 5.97 Å². The maximum absolute atomic E-state index is 11.9. The highest BCUT2D eigenvalue weighted by atomic mass is 32.2. The molecule has 0 aliphatic carbocycles. The summed E-state index contributed by atoms with van der Waals surface area (Å²) in [4.78, 5) is 22.9. The van der Waals surface area contributed by atoms with E-state index in [1.807, 2.05) is 13.8 Å². The molecule has 6 heteroatoms. The van der Waals surface area contributed by atoms with Gasteiger partial charge in [0.15, 0.2) is 0 Å². The third-order valence-corrected chi connectivity index (χ3v) is 3.51. The minimum absolute atomic E-state index is 0.00119. The molecule has 18 heavy (non-hydrogen) atoms. The van der Waals surface area contributed by atoms with Crippen molar-refractivity contribution >= 4 is 23.6 Å². The van der Waals surface area contributed by atoms with Crippen LogP contribution in [0, 0.1) is 0 Å². The number of carbonyl (C=O) groups is 2. The molecule has 0 aromatic carbocycles. The van der Waals surface area contributed by atoms with E-state index in [2.05, 4.69) is 10.6 Å². The predicted octanol–water partition coefficient (Wildman–Crippen LogP) is 0.787. The lowest BCUT2D eigenvalue weighted by Gasteiger charge is -2.27. The number of likely N-dealkylation sites (N-methyl/N-ethyl adjacent to an activating group) is 1. The second-order valence-electron chi connectivity index (χ2n) is 4.06. The van der Waals surface area contributed by atoms with Crippen LogP contribution in [0.25, 0.3) is 0 Å². The molecule has 0 fully saturated rings. The quantitative estimate of drug-likeness (QED) is 0.481. The number of esters is 1. The molecule has 0 spiro atoms. The van der Waals surface area contributed by atoms with Gasteiger partial charge in [-0.05, 0) is 32.6 Å². The lowest BCUT2D eigenvalue weighted by atomic mass is 9.99. The fraction of sp³-hybridized carbons (Fsp3) is 0.833. The summed E-state index contributed by atoms with van der Waals surface area (Å²) in [6, 6.07) is 0. The van der Waals surface area contributed by atoms with Crippen LogP contribution in [-0.4, -0.2) is 49.1 Å². The number of amides is 1. The second kappa shape index (κ2) is 9.22. The molecule has 0 aromatic heterocycles. The van der Waals surface area contributed by atoms with E-state index in [0.29, 0.717) is 25.3 Å². The number of ether oxygens (including phenoxy) is 1. The molecule has 1 atom stereocenters. The third-order valence-electron chi connectivity index (χ3n) is 2.55. The first-order valence-corrected chi connectivity index (χ1v) is 7.36. The van der Waals surface area contributed by atoms with E-state index < -0.39 is 5.54 Å². The molecule has 1 unspecified atom stereocenters. The van der Waals surface area contributed by atoms with Gasteiger partial charge in [0, 0.05) is 7.05 Å². The molecular weight excluding hydrogens is 252 g/mol. The molecule has 0 saturated carbocycles. The largest absolute Gasteiger partial charge is 0.465 e. The zero-order valence-corrected chi connectivity index (χ0v) is 12.5. The van der Waals surface area contributed by atoms with Crippen molar-refractivity contribution in [3.8, 4) is 0 Å². The van der Waals surface area contributed by atoms with Gasteiger partial charge in [0.25, 0.3) is 0 Å². The van der Waals surface area contributed by atoms with Gasteiger partial charge in [-0.2, -0.15) is 11.8 Å². The van der Waals surface area contributed by atoms with Crippen molar-refractivity contribution in [3.63, 3.8) is 0 Å². The Labute approximate surface area is 113 Å². The average molecular weight is 276 g/mol. The summed E-state index contributed by atoms with van der Waals surface area (Å²) in [5.41, 5.74) is -0.666. The highest BCUT2D eigenvalue weighted by Crippen LogP contribution is 2.16. The Balaban J connectivity index is 4.18. The van der Waals surface area contributed by atoms with Crippen LogP contribution in [0.15, 0.2) is 0 Å². The number of carbonyl (C=O) groups excluding carboxylic acids is 2. The van der Waals surface area contributed by atoms with Gasteiger partial charge in [-0.25, -0.2) is 0 Å². The Morgan fingerprint density at radius 2 is 2.00 bits per heavy atom. The van der Waals surface area contributed by atoms with E-state index in [0.717, 1.165) is 5.75 Å². The minimum atomic E-state index is -0.666. The van der Waals surface area contributed by atoms with Crippen LogP contribution in [0.2, 0.25) is 0 Å². The zero-order valence-electron chi connectivity index (χ0n) is 11.7. The van der Waals surface area contributed by atoms with Crippen molar-refractivity contribution in [2.45, 2.75) is 32.7 Å². The summed E-state index contributed by atoms with van der Waals surface area (Å²) >= 11 is 1.51. The van der Waals surface area contributed by atoms with E-state index >= 15 is 0 Å². The molecular formula is C12H24N2O3S. The normalized spacial score (nSPS) is 13.8. The highest BCUT2D eigenvalue weighted by Gasteiger charge is 2.33. The molecule has 2 N–H and O–H groups in total. The Morgan fingerprint density at radius 1 is 1.33 bits per heavy atom. The summed E-state index contributed by atoms with van der Waals surface area (Å²) in [5, 5.41) is 5.72. The smallest absolute Gasteiger partial charge is 0.326 e. The highest BCUT2D eigenvalue weighted by molar-refractivity contribution is 7.99. The van der Waals surface area contributed by atoms with Gasteiger partial charge in [0.2, 0.25) is 5.91 Å². The van der Waals surface area contributed by atoms with Gasteiger partial charge < -0.3 is 15.4 Å². The predicted molar refractivity (Wildman–Crippen MR) is 74.7 cm³/mol. The van der Waals surface area contributed by atoms with Crippen molar-refractivity contribution in [1.82, 2.24) is 10.6 Å². The monoisotopic (exact) mass is 276 g/mol. The Kier molecular flexibility index (Phi) is 8.83. The van der Waals surface area contributed by atoms with Gasteiger partial charge in [0.05, 0.1) is 12.4 Å². The summed E-state index contributed by atoms with van der Waals surface area (Å²) < 4.78 is 5.07. The Morgan fingerprint density at radius 3 is 2.50 bits per heavy atom. The van der Waals surface area contributed by atoms with Crippen molar-refractivity contribution < 1.29 is 14.3 Å². The van der Waals surface area contributed by atoms with E-state index in [-0.39, 0.29) is 11.9 Å². The fourth-order valence-electron chi connectivity index (χ4n) is 1.46. The number of hydrogen-bond donors (Lipinski definition) is 2. The molecule has 0 aromatic rings. The van der Waals surface area contributed by atoms with Gasteiger partial charge in [-0.15, -0.1) is 0 Å². The second-order valence-corrected chi connectivity index (χ2v) is 5.16. The van der Waals surface area contributed by atoms with Crippen LogP contribution in [0.1, 0.15) is 27.2 Å². The Hall–Kier alpha value is -0.750. The summed E-state index contributed by atoms with van der Waals surface area (Å²) in [6.07, 6.45) is 0.640. The SMILES string of the molecule is CCNC(C)(CCSCC(=O)NC)C(=O)OCC. The lowest BCUT2D eigenvalue weighted by Crippen LogP contribution is -2.50. The number of thioether (sulfide) groups is 1. The van der Waals surface area contributed by atoms with E-state index in [1.165, 1.54) is 11.8 Å². The standard InChI is InChI=1S/C12H24N2O3S/c1-5-14-12(3,11(16)17-6-2)7-8-18-9-10(15)13-4/h14H,5-9H2,1-4H3,(H,13,15). The molecule has 1 amide bonds. The Bertz CT molecular complexity index is 274. The van der Waals surface area contributed by atoms with Crippen molar-refractivity contribution in [2.24, 2.45) is 0 Å². The molecule has 0 rings (SSSR count). The van der Waals surface area contributed by atoms with Crippen LogP contribution in [0.4, 0.5) is 0 Å². The molecule has 0 saturated heterocycles. The van der Waals surface area contributed by atoms with Crippen LogP contribution in [0.3, 0.4) is 0 Å². The first-order valence-electron chi connectivity index (χ1n) is 6.20. The van der Waals surface area contributed by atoms with Crippen LogP contribution < -0.4 is 10.6 Å². The molecule has 0 aliphatic heterocycles. The van der Waals surface area contributed by atoms with Crippen LogP contribution >= 0.6 is 11.8 Å². The minimum Gasteiger partial charge on any atom is -0.465 e. The van der Waals surface area contributed by atoms with Crippen molar-refractivity contribution in [3.05, 3.63) is 0 Å². The summed E-state index contributed by atoms with van der Waals surface area (Å²) in [6.45, 7) is 6.68. The molecule has 0 heterocycles. The third kappa shape index (κ3) is 6.26. The van der Waals surface area contributed by atoms with Gasteiger partial charge in [0.1, 0.15) is 5.54 Å². The average Bonchev–Trinajstić information content (AvgIpc) is 2.35. The zero-order chi connectivity index (χ0) is 14.0. The molecule has 5 nitrogen and oxygen atoms in total. The number of nitrogens with one attached hydrogen (secondary N) is 2. The van der Waals surface area contributed by atoms with E-state index in [9.17, 15) is 9.59 Å². The van der Waals surface area contributed by atoms with Crippen LogP contribution in [-0.2, 0) is 14.3 Å². The van der Waals surface area contributed by atoms with Crippen molar-refractivity contribution in [1.29, 1.82) is 0 Å². The molecule has 0 aliphatic rings. The fourth-order valence-corrected chi connectivity index (χ4v) is 2.48. The van der Waals surface area contributed by atoms with Crippen LogP contribution in [0.5, 0.6) is 0 Å². The maximum Gasteiger partial charge on any atom is 0.326 e. The first-order chi connectivity index (χ1) is 8.50. The lowest BCUT2D eigenvalue weighted by molar-refractivity contribution is -0.150. The first kappa shape index (κ1) is 17.2. The van der Waals surface area contributed by atoms with Gasteiger partial charge in [-0.1, -0.05) is 6.92 Å². The topological polar surface area (TPSA) is 67.4 Å². The number of hydrogen-bond acceptors (Lipinski definition) is 5. The van der Waals surface area contributed by atoms with Gasteiger partial charge in [-0.3, -0.25) is 9.59 Å².